The molecule has 3 N–H and O–H groups in total. The van der Waals surface area contributed by atoms with Gasteiger partial charge in [-0.2, -0.15) is 0 Å². The monoisotopic (exact) mass is 400 g/mol. The number of carbonyl (C=O) groups excluding carboxylic acids is 1. The van der Waals surface area contributed by atoms with E-state index in [1.807, 2.05) is 24.3 Å². The van der Waals surface area contributed by atoms with Crippen molar-refractivity contribution in [1.29, 1.82) is 0 Å². The Morgan fingerprint density at radius 1 is 1.25 bits per heavy atom. The van der Waals surface area contributed by atoms with Crippen LogP contribution < -0.4 is 11.1 Å². The Hall–Kier alpha value is -1.40. The zero-order chi connectivity index (χ0) is 14.7. The Balaban J connectivity index is 2.11. The fraction of sp³-hybridized carbons (Fsp3) is 0.0714. The molecule has 0 bridgehead atoms. The Morgan fingerprint density at radius 3 is 2.70 bits per heavy atom. The molecule has 6 heteroatoms. The van der Waals surface area contributed by atoms with Crippen molar-refractivity contribution in [3.8, 4) is 0 Å². The van der Waals surface area contributed by atoms with E-state index in [-0.39, 0.29) is 11.6 Å². The van der Waals surface area contributed by atoms with E-state index in [1.165, 1.54) is 12.1 Å². The minimum Gasteiger partial charge on any atom is -0.396 e. The molecule has 0 heterocycles. The van der Waals surface area contributed by atoms with Crippen molar-refractivity contribution in [2.45, 2.75) is 6.54 Å². The number of nitrogens with one attached hydrogen (secondary N) is 1. The molecule has 1 amide bonds. The van der Waals surface area contributed by atoms with Crippen LogP contribution in [0.15, 0.2) is 45.3 Å². The lowest BCUT2D eigenvalue weighted by molar-refractivity contribution is 0.0950. The maximum atomic E-state index is 13.2. The molecule has 2 rings (SSSR count). The van der Waals surface area contributed by atoms with Gasteiger partial charge in [0, 0.05) is 15.5 Å². The summed E-state index contributed by atoms with van der Waals surface area (Å²) >= 11 is 6.52. The van der Waals surface area contributed by atoms with Crippen LogP contribution in [-0.4, -0.2) is 5.91 Å². The summed E-state index contributed by atoms with van der Waals surface area (Å²) in [6.45, 7) is 0.377. The van der Waals surface area contributed by atoms with Crippen molar-refractivity contribution in [3.63, 3.8) is 0 Å². The van der Waals surface area contributed by atoms with Gasteiger partial charge < -0.3 is 11.1 Å². The van der Waals surface area contributed by atoms with E-state index < -0.39 is 5.82 Å². The molecule has 0 unspecified atom stereocenters. The summed E-state index contributed by atoms with van der Waals surface area (Å²) in [7, 11) is 0. The molecule has 0 spiro atoms. The highest BCUT2D eigenvalue weighted by Gasteiger charge is 2.13. The molecule has 3 nitrogen and oxygen atoms in total. The van der Waals surface area contributed by atoms with Crippen molar-refractivity contribution >= 4 is 43.5 Å². The SMILES string of the molecule is Nc1cc(C(=O)NCc2cccc(Br)c2)c(Br)cc1F. The molecule has 0 saturated carbocycles. The fourth-order valence-electron chi connectivity index (χ4n) is 1.66. The first-order valence-electron chi connectivity index (χ1n) is 5.74. The smallest absolute Gasteiger partial charge is 0.252 e. The number of amides is 1. The summed E-state index contributed by atoms with van der Waals surface area (Å²) in [4.78, 5) is 12.1. The van der Waals surface area contributed by atoms with E-state index >= 15 is 0 Å². The average Bonchev–Trinajstić information content (AvgIpc) is 2.40. The van der Waals surface area contributed by atoms with Crippen LogP contribution in [0.25, 0.3) is 0 Å². The molecule has 2 aromatic rings. The zero-order valence-electron chi connectivity index (χ0n) is 10.3. The van der Waals surface area contributed by atoms with Gasteiger partial charge in [-0.3, -0.25) is 4.79 Å². The van der Waals surface area contributed by atoms with Gasteiger partial charge in [-0.15, -0.1) is 0 Å². The Bertz CT molecular complexity index is 662. The fourth-order valence-corrected chi connectivity index (χ4v) is 2.61. The van der Waals surface area contributed by atoms with Crippen molar-refractivity contribution in [2.75, 3.05) is 5.73 Å². The number of carbonyl (C=O) groups is 1. The van der Waals surface area contributed by atoms with Gasteiger partial charge in [0.1, 0.15) is 5.82 Å². The van der Waals surface area contributed by atoms with Crippen LogP contribution in [0.2, 0.25) is 0 Å². The van der Waals surface area contributed by atoms with E-state index in [4.69, 9.17) is 5.73 Å². The molecule has 0 aliphatic heterocycles. The van der Waals surface area contributed by atoms with Crippen molar-refractivity contribution in [2.24, 2.45) is 0 Å². The van der Waals surface area contributed by atoms with E-state index in [0.717, 1.165) is 10.0 Å². The Morgan fingerprint density at radius 2 is 2.00 bits per heavy atom. The zero-order valence-corrected chi connectivity index (χ0v) is 13.5. The number of hydrogen-bond donors (Lipinski definition) is 2. The van der Waals surface area contributed by atoms with Crippen LogP contribution in [0.3, 0.4) is 0 Å². The highest BCUT2D eigenvalue weighted by Crippen LogP contribution is 2.23. The van der Waals surface area contributed by atoms with Crippen molar-refractivity contribution in [3.05, 3.63) is 62.3 Å². The summed E-state index contributed by atoms with van der Waals surface area (Å²) < 4.78 is 14.5. The first kappa shape index (κ1) is 15.0. The molecule has 0 atom stereocenters. The van der Waals surface area contributed by atoms with E-state index in [1.54, 1.807) is 0 Å². The van der Waals surface area contributed by atoms with E-state index in [0.29, 0.717) is 16.6 Å². The molecule has 0 saturated heterocycles. The number of halogens is 3. The largest absolute Gasteiger partial charge is 0.396 e. The number of nitrogen functional groups attached to an aromatic ring is 1. The molecule has 0 fully saturated rings. The lowest BCUT2D eigenvalue weighted by atomic mass is 10.1. The standard InChI is InChI=1S/C14H11Br2FN2O/c15-9-3-1-2-8(4-9)7-19-14(20)10-5-13(18)12(17)6-11(10)16/h1-6H,7,18H2,(H,19,20). The second-order valence-electron chi connectivity index (χ2n) is 4.17. The number of rotatable bonds is 3. The molecule has 104 valence electrons. The predicted molar refractivity (Wildman–Crippen MR) is 83.8 cm³/mol. The molecule has 0 aromatic heterocycles. The second kappa shape index (κ2) is 6.37. The van der Waals surface area contributed by atoms with Gasteiger partial charge in [-0.05, 0) is 45.8 Å². The quantitative estimate of drug-likeness (QED) is 0.767. The van der Waals surface area contributed by atoms with Gasteiger partial charge >= 0.3 is 0 Å². The molecular weight excluding hydrogens is 391 g/mol. The van der Waals surface area contributed by atoms with Gasteiger partial charge in [0.15, 0.2) is 0 Å². The molecular formula is C14H11Br2FN2O. The summed E-state index contributed by atoms with van der Waals surface area (Å²) in [5, 5.41) is 2.76. The van der Waals surface area contributed by atoms with Crippen LogP contribution in [0, 0.1) is 5.82 Å². The number of hydrogen-bond acceptors (Lipinski definition) is 2. The van der Waals surface area contributed by atoms with Gasteiger partial charge in [-0.1, -0.05) is 28.1 Å². The first-order valence-corrected chi connectivity index (χ1v) is 7.33. The maximum absolute atomic E-state index is 13.2. The van der Waals surface area contributed by atoms with Crippen LogP contribution in [0.5, 0.6) is 0 Å². The minimum atomic E-state index is -0.555. The van der Waals surface area contributed by atoms with E-state index in [2.05, 4.69) is 37.2 Å². The molecule has 2 aromatic carbocycles. The lowest BCUT2D eigenvalue weighted by Gasteiger charge is -2.08. The predicted octanol–water partition coefficient (Wildman–Crippen LogP) is 3.86. The van der Waals surface area contributed by atoms with Gasteiger partial charge in [0.05, 0.1) is 11.3 Å². The van der Waals surface area contributed by atoms with E-state index in [9.17, 15) is 9.18 Å². The highest BCUT2D eigenvalue weighted by molar-refractivity contribution is 9.10. The topological polar surface area (TPSA) is 55.1 Å². The van der Waals surface area contributed by atoms with Crippen molar-refractivity contribution < 1.29 is 9.18 Å². The summed E-state index contributed by atoms with van der Waals surface area (Å²) in [5.74, 6) is -0.871. The third-order valence-electron chi connectivity index (χ3n) is 2.67. The first-order chi connectivity index (χ1) is 9.47. The van der Waals surface area contributed by atoms with Gasteiger partial charge in [0.25, 0.3) is 5.91 Å². The Labute approximate surface area is 132 Å². The number of benzene rings is 2. The third-order valence-corrected chi connectivity index (χ3v) is 3.82. The normalized spacial score (nSPS) is 10.3. The Kier molecular flexibility index (Phi) is 4.77. The average molecular weight is 402 g/mol. The van der Waals surface area contributed by atoms with Crippen LogP contribution in [-0.2, 0) is 6.54 Å². The van der Waals surface area contributed by atoms with Crippen molar-refractivity contribution in [1.82, 2.24) is 5.32 Å². The van der Waals surface area contributed by atoms with Crippen LogP contribution >= 0.6 is 31.9 Å². The van der Waals surface area contributed by atoms with Gasteiger partial charge in [-0.25, -0.2) is 4.39 Å². The molecule has 0 aliphatic rings. The summed E-state index contributed by atoms with van der Waals surface area (Å²) in [5.41, 5.74) is 6.68. The summed E-state index contributed by atoms with van der Waals surface area (Å²) in [6, 6.07) is 10.1. The number of nitrogens with two attached hydrogens (primary N) is 1. The molecule has 20 heavy (non-hydrogen) atoms. The third kappa shape index (κ3) is 3.58. The van der Waals surface area contributed by atoms with Crippen LogP contribution in [0.4, 0.5) is 10.1 Å². The van der Waals surface area contributed by atoms with Gasteiger partial charge in [0.2, 0.25) is 0 Å². The minimum absolute atomic E-state index is 0.0548. The second-order valence-corrected chi connectivity index (χ2v) is 5.94. The maximum Gasteiger partial charge on any atom is 0.252 e. The van der Waals surface area contributed by atoms with Crippen LogP contribution in [0.1, 0.15) is 15.9 Å². The number of anilines is 1. The summed E-state index contributed by atoms with van der Waals surface area (Å²) in [6.07, 6.45) is 0. The highest BCUT2D eigenvalue weighted by atomic mass is 79.9. The molecule has 0 radical (unpaired) electrons. The lowest BCUT2D eigenvalue weighted by Crippen LogP contribution is -2.23. The molecule has 0 aliphatic carbocycles.